The lowest BCUT2D eigenvalue weighted by Crippen LogP contribution is -2.36. The molecule has 0 spiro atoms. The SMILES string of the molecule is CNC(=O)[C@H]1CN(Cc2ccc(C)s2)[C@@H]2CCO[C@H]12. The van der Waals surface area contributed by atoms with Crippen molar-refractivity contribution < 1.29 is 9.53 Å². The first kappa shape index (κ1) is 13.1. The molecule has 2 fully saturated rings. The number of ether oxygens (including phenoxy) is 1. The van der Waals surface area contributed by atoms with Gasteiger partial charge in [0.25, 0.3) is 0 Å². The highest BCUT2D eigenvalue weighted by molar-refractivity contribution is 7.11. The second-order valence-electron chi connectivity index (χ2n) is 5.35. The van der Waals surface area contributed by atoms with Gasteiger partial charge in [0.05, 0.1) is 12.0 Å². The molecule has 0 aromatic carbocycles. The van der Waals surface area contributed by atoms with E-state index in [1.807, 2.05) is 11.3 Å². The third kappa shape index (κ3) is 2.42. The van der Waals surface area contributed by atoms with E-state index in [4.69, 9.17) is 4.74 Å². The number of fused-ring (bicyclic) bond motifs is 1. The molecular formula is C14H20N2O2S. The summed E-state index contributed by atoms with van der Waals surface area (Å²) in [5.41, 5.74) is 0. The van der Waals surface area contributed by atoms with Crippen molar-refractivity contribution in [1.29, 1.82) is 0 Å². The second-order valence-corrected chi connectivity index (χ2v) is 6.73. The number of aryl methyl sites for hydroxylation is 1. The van der Waals surface area contributed by atoms with E-state index in [1.165, 1.54) is 9.75 Å². The van der Waals surface area contributed by atoms with Crippen molar-refractivity contribution in [3.8, 4) is 0 Å². The minimum absolute atomic E-state index is 0.0152. The fourth-order valence-corrected chi connectivity index (χ4v) is 4.15. The minimum atomic E-state index is -0.0152. The zero-order valence-corrected chi connectivity index (χ0v) is 12.2. The van der Waals surface area contributed by atoms with Crippen LogP contribution in [0.15, 0.2) is 12.1 Å². The molecule has 104 valence electrons. The number of nitrogens with one attached hydrogen (secondary N) is 1. The van der Waals surface area contributed by atoms with Crippen LogP contribution in [0.25, 0.3) is 0 Å². The van der Waals surface area contributed by atoms with E-state index >= 15 is 0 Å². The molecular weight excluding hydrogens is 260 g/mol. The van der Waals surface area contributed by atoms with Crippen molar-refractivity contribution in [2.75, 3.05) is 20.2 Å². The van der Waals surface area contributed by atoms with Gasteiger partial charge in [0, 0.05) is 42.5 Å². The number of likely N-dealkylation sites (tertiary alicyclic amines) is 1. The van der Waals surface area contributed by atoms with E-state index in [9.17, 15) is 4.79 Å². The number of carbonyl (C=O) groups is 1. The van der Waals surface area contributed by atoms with Gasteiger partial charge in [-0.1, -0.05) is 0 Å². The van der Waals surface area contributed by atoms with Crippen LogP contribution >= 0.6 is 11.3 Å². The third-order valence-electron chi connectivity index (χ3n) is 4.14. The predicted octanol–water partition coefficient (Wildman–Crippen LogP) is 1.39. The number of hydrogen-bond donors (Lipinski definition) is 1. The van der Waals surface area contributed by atoms with Crippen LogP contribution in [-0.4, -0.2) is 43.2 Å². The molecule has 1 aromatic rings. The van der Waals surface area contributed by atoms with Gasteiger partial charge >= 0.3 is 0 Å². The smallest absolute Gasteiger partial charge is 0.226 e. The van der Waals surface area contributed by atoms with Crippen LogP contribution in [0.4, 0.5) is 0 Å². The fraction of sp³-hybridized carbons (Fsp3) is 0.643. The Balaban J connectivity index is 1.74. The van der Waals surface area contributed by atoms with Gasteiger partial charge in [-0.15, -0.1) is 11.3 Å². The molecule has 5 heteroatoms. The highest BCUT2D eigenvalue weighted by Gasteiger charge is 2.48. The maximum absolute atomic E-state index is 11.9. The van der Waals surface area contributed by atoms with Crippen LogP contribution in [0.1, 0.15) is 16.2 Å². The van der Waals surface area contributed by atoms with Gasteiger partial charge in [-0.25, -0.2) is 0 Å². The molecule has 3 atom stereocenters. The zero-order valence-electron chi connectivity index (χ0n) is 11.4. The Morgan fingerprint density at radius 3 is 3.11 bits per heavy atom. The Kier molecular flexibility index (Phi) is 3.60. The van der Waals surface area contributed by atoms with Gasteiger partial charge in [-0.2, -0.15) is 0 Å². The molecule has 1 aromatic heterocycles. The zero-order chi connectivity index (χ0) is 13.4. The summed E-state index contributed by atoms with van der Waals surface area (Å²) in [6, 6.07) is 4.76. The summed E-state index contributed by atoms with van der Waals surface area (Å²) in [4.78, 5) is 17.1. The maximum atomic E-state index is 11.9. The molecule has 0 unspecified atom stereocenters. The quantitative estimate of drug-likeness (QED) is 0.910. The third-order valence-corrected chi connectivity index (χ3v) is 5.12. The monoisotopic (exact) mass is 280 g/mol. The van der Waals surface area contributed by atoms with Crippen molar-refractivity contribution in [3.63, 3.8) is 0 Å². The summed E-state index contributed by atoms with van der Waals surface area (Å²) in [5, 5.41) is 2.77. The van der Waals surface area contributed by atoms with Gasteiger partial charge in [0.1, 0.15) is 0 Å². The molecule has 3 heterocycles. The van der Waals surface area contributed by atoms with Gasteiger partial charge < -0.3 is 10.1 Å². The molecule has 1 N–H and O–H groups in total. The molecule has 2 aliphatic heterocycles. The number of thiophene rings is 1. The normalized spacial score (nSPS) is 30.5. The van der Waals surface area contributed by atoms with E-state index in [0.29, 0.717) is 6.04 Å². The summed E-state index contributed by atoms with van der Waals surface area (Å²) >= 11 is 1.84. The molecule has 2 saturated heterocycles. The first-order valence-electron chi connectivity index (χ1n) is 6.81. The first-order valence-corrected chi connectivity index (χ1v) is 7.63. The summed E-state index contributed by atoms with van der Waals surface area (Å²) in [7, 11) is 1.71. The van der Waals surface area contributed by atoms with E-state index < -0.39 is 0 Å². The molecule has 1 amide bonds. The molecule has 3 rings (SSSR count). The van der Waals surface area contributed by atoms with Gasteiger partial charge in [0.2, 0.25) is 5.91 Å². The molecule has 0 saturated carbocycles. The lowest BCUT2D eigenvalue weighted by Gasteiger charge is -2.21. The van der Waals surface area contributed by atoms with Crippen LogP contribution in [0.3, 0.4) is 0 Å². The van der Waals surface area contributed by atoms with E-state index in [2.05, 4.69) is 29.3 Å². The lowest BCUT2D eigenvalue weighted by molar-refractivity contribution is -0.127. The molecule has 19 heavy (non-hydrogen) atoms. The lowest BCUT2D eigenvalue weighted by atomic mass is 10.0. The standard InChI is InChI=1S/C14H20N2O2S/c1-9-3-4-10(19-9)7-16-8-11(14(17)15-2)13-12(16)5-6-18-13/h3-4,11-13H,5-8H2,1-2H3,(H,15,17)/t11-,12+,13+/m0/s1. The van der Waals surface area contributed by atoms with Crippen molar-refractivity contribution in [2.24, 2.45) is 5.92 Å². The largest absolute Gasteiger partial charge is 0.376 e. The Labute approximate surface area is 117 Å². The summed E-state index contributed by atoms with van der Waals surface area (Å²) < 4.78 is 5.79. The number of rotatable bonds is 3. The number of amides is 1. The van der Waals surface area contributed by atoms with Crippen molar-refractivity contribution in [3.05, 3.63) is 21.9 Å². The summed E-state index contributed by atoms with van der Waals surface area (Å²) in [6.45, 7) is 4.66. The van der Waals surface area contributed by atoms with Crippen molar-refractivity contribution in [1.82, 2.24) is 10.2 Å². The van der Waals surface area contributed by atoms with E-state index in [1.54, 1.807) is 7.05 Å². The number of hydrogen-bond acceptors (Lipinski definition) is 4. The summed E-state index contributed by atoms with van der Waals surface area (Å²) in [5.74, 6) is 0.0975. The van der Waals surface area contributed by atoms with Crippen molar-refractivity contribution >= 4 is 17.2 Å². The highest BCUT2D eigenvalue weighted by atomic mass is 32.1. The molecule has 4 nitrogen and oxygen atoms in total. The topological polar surface area (TPSA) is 41.6 Å². The average Bonchev–Trinajstić information content (AvgIpc) is 3.07. The van der Waals surface area contributed by atoms with Crippen LogP contribution in [-0.2, 0) is 16.1 Å². The van der Waals surface area contributed by atoms with Crippen LogP contribution in [0.2, 0.25) is 0 Å². The second kappa shape index (κ2) is 5.23. The fourth-order valence-electron chi connectivity index (χ4n) is 3.24. The van der Waals surface area contributed by atoms with Gasteiger partial charge in [-0.3, -0.25) is 9.69 Å². The Morgan fingerprint density at radius 2 is 2.42 bits per heavy atom. The Hall–Kier alpha value is -0.910. The maximum Gasteiger partial charge on any atom is 0.226 e. The van der Waals surface area contributed by atoms with Crippen LogP contribution in [0.5, 0.6) is 0 Å². The van der Waals surface area contributed by atoms with Crippen LogP contribution in [0, 0.1) is 12.8 Å². The Bertz CT molecular complexity index is 474. The molecule has 2 aliphatic rings. The summed E-state index contributed by atoms with van der Waals surface area (Å²) in [6.07, 6.45) is 1.13. The Morgan fingerprint density at radius 1 is 1.58 bits per heavy atom. The van der Waals surface area contributed by atoms with Crippen LogP contribution < -0.4 is 5.32 Å². The number of carbonyl (C=O) groups excluding carboxylic acids is 1. The van der Waals surface area contributed by atoms with E-state index in [0.717, 1.165) is 26.1 Å². The molecule has 0 bridgehead atoms. The van der Waals surface area contributed by atoms with E-state index in [-0.39, 0.29) is 17.9 Å². The average molecular weight is 280 g/mol. The predicted molar refractivity (Wildman–Crippen MR) is 75.2 cm³/mol. The van der Waals surface area contributed by atoms with Crippen molar-refractivity contribution in [2.45, 2.75) is 32.0 Å². The van der Waals surface area contributed by atoms with Gasteiger partial charge in [0.15, 0.2) is 0 Å². The first-order chi connectivity index (χ1) is 9.19. The molecule has 0 radical (unpaired) electrons. The number of nitrogens with zero attached hydrogens (tertiary/aromatic N) is 1. The minimum Gasteiger partial charge on any atom is -0.376 e. The highest BCUT2D eigenvalue weighted by Crippen LogP contribution is 2.35. The molecule has 0 aliphatic carbocycles. The van der Waals surface area contributed by atoms with Gasteiger partial charge in [-0.05, 0) is 25.5 Å².